The highest BCUT2D eigenvalue weighted by atomic mass is 16.5. The van der Waals surface area contributed by atoms with Crippen LogP contribution in [0, 0.1) is 5.92 Å². The van der Waals surface area contributed by atoms with Gasteiger partial charge < -0.3 is 20.7 Å². The number of aliphatic carboxylic acids is 1. The standard InChI is InChI=1S/C12H17NO4/c1-7(10(13)12(15)16)11(14)8-3-5-9(17-2)6-4-8/h3-7,10-11,14H,13H2,1-2H3,(H,15,16)/t7-,10+,11+/m1/s1. The Hall–Kier alpha value is -1.59. The number of benzene rings is 1. The maximum absolute atomic E-state index is 10.7. The van der Waals surface area contributed by atoms with Gasteiger partial charge in [-0.25, -0.2) is 0 Å². The van der Waals surface area contributed by atoms with Gasteiger partial charge in [-0.2, -0.15) is 0 Å². The molecule has 0 aliphatic heterocycles. The molecule has 0 heterocycles. The third-order valence-electron chi connectivity index (χ3n) is 2.81. The number of carboxylic acid groups (broad SMARTS) is 1. The van der Waals surface area contributed by atoms with Gasteiger partial charge in [0.05, 0.1) is 13.2 Å². The topological polar surface area (TPSA) is 92.8 Å². The Bertz CT molecular complexity index is 377. The molecule has 17 heavy (non-hydrogen) atoms. The van der Waals surface area contributed by atoms with Gasteiger partial charge in [-0.3, -0.25) is 4.79 Å². The van der Waals surface area contributed by atoms with Gasteiger partial charge in [0.15, 0.2) is 0 Å². The fourth-order valence-corrected chi connectivity index (χ4v) is 1.53. The molecular weight excluding hydrogens is 222 g/mol. The summed E-state index contributed by atoms with van der Waals surface area (Å²) < 4.78 is 4.99. The van der Waals surface area contributed by atoms with E-state index in [2.05, 4.69) is 0 Å². The van der Waals surface area contributed by atoms with Crippen LogP contribution in [0.5, 0.6) is 5.75 Å². The number of hydrogen-bond acceptors (Lipinski definition) is 4. The molecule has 5 nitrogen and oxygen atoms in total. The monoisotopic (exact) mass is 239 g/mol. The molecule has 1 aromatic carbocycles. The van der Waals surface area contributed by atoms with Crippen LogP contribution in [0.1, 0.15) is 18.6 Å². The molecule has 0 bridgehead atoms. The Morgan fingerprint density at radius 1 is 1.35 bits per heavy atom. The van der Waals surface area contributed by atoms with E-state index in [1.807, 2.05) is 0 Å². The first-order chi connectivity index (χ1) is 7.97. The Morgan fingerprint density at radius 3 is 2.29 bits per heavy atom. The van der Waals surface area contributed by atoms with Crippen molar-refractivity contribution in [2.24, 2.45) is 11.7 Å². The van der Waals surface area contributed by atoms with E-state index in [-0.39, 0.29) is 0 Å². The molecule has 1 rings (SSSR count). The summed E-state index contributed by atoms with van der Waals surface area (Å²) in [6, 6.07) is 5.70. The number of aliphatic hydroxyl groups is 1. The minimum atomic E-state index is -1.12. The Morgan fingerprint density at radius 2 is 1.88 bits per heavy atom. The van der Waals surface area contributed by atoms with E-state index >= 15 is 0 Å². The molecule has 0 aliphatic carbocycles. The van der Waals surface area contributed by atoms with Crippen LogP contribution in [0.25, 0.3) is 0 Å². The fraction of sp³-hybridized carbons (Fsp3) is 0.417. The summed E-state index contributed by atoms with van der Waals surface area (Å²) in [7, 11) is 1.55. The predicted octanol–water partition coefficient (Wildman–Crippen LogP) is 0.777. The molecule has 1 aromatic rings. The summed E-state index contributed by atoms with van der Waals surface area (Å²) >= 11 is 0. The van der Waals surface area contributed by atoms with Crippen LogP contribution in [0.3, 0.4) is 0 Å². The average molecular weight is 239 g/mol. The summed E-state index contributed by atoms with van der Waals surface area (Å²) in [5.74, 6) is -1.01. The van der Waals surface area contributed by atoms with Crippen molar-refractivity contribution in [2.75, 3.05) is 7.11 Å². The second kappa shape index (κ2) is 5.65. The lowest BCUT2D eigenvalue weighted by Gasteiger charge is -2.22. The normalized spacial score (nSPS) is 16.0. The van der Waals surface area contributed by atoms with E-state index < -0.39 is 24.0 Å². The van der Waals surface area contributed by atoms with E-state index in [0.717, 1.165) is 0 Å². The van der Waals surface area contributed by atoms with Gasteiger partial charge in [0.2, 0.25) is 0 Å². The molecule has 0 radical (unpaired) electrons. The Balaban J connectivity index is 2.80. The number of rotatable bonds is 5. The first kappa shape index (κ1) is 13.5. The minimum absolute atomic E-state index is 0.569. The largest absolute Gasteiger partial charge is 0.497 e. The molecule has 5 heteroatoms. The van der Waals surface area contributed by atoms with Crippen molar-refractivity contribution in [3.8, 4) is 5.75 Å². The average Bonchev–Trinajstić information content (AvgIpc) is 2.36. The molecule has 4 N–H and O–H groups in total. The van der Waals surface area contributed by atoms with E-state index in [1.54, 1.807) is 38.3 Å². The third kappa shape index (κ3) is 3.18. The highest BCUT2D eigenvalue weighted by Gasteiger charge is 2.27. The van der Waals surface area contributed by atoms with Crippen molar-refractivity contribution < 1.29 is 19.7 Å². The van der Waals surface area contributed by atoms with Crippen molar-refractivity contribution in [3.63, 3.8) is 0 Å². The zero-order valence-corrected chi connectivity index (χ0v) is 9.83. The molecule has 0 aliphatic rings. The van der Waals surface area contributed by atoms with E-state index in [9.17, 15) is 9.90 Å². The van der Waals surface area contributed by atoms with Crippen molar-refractivity contribution in [1.29, 1.82) is 0 Å². The number of carbonyl (C=O) groups is 1. The Kier molecular flexibility index (Phi) is 4.48. The fourth-order valence-electron chi connectivity index (χ4n) is 1.53. The van der Waals surface area contributed by atoms with Gasteiger partial charge in [0.1, 0.15) is 11.8 Å². The van der Waals surface area contributed by atoms with Gasteiger partial charge >= 0.3 is 5.97 Å². The van der Waals surface area contributed by atoms with E-state index in [0.29, 0.717) is 11.3 Å². The van der Waals surface area contributed by atoms with Crippen LogP contribution in [0.15, 0.2) is 24.3 Å². The van der Waals surface area contributed by atoms with Gasteiger partial charge in [-0.1, -0.05) is 19.1 Å². The molecule has 0 saturated carbocycles. The number of nitrogens with two attached hydrogens (primary N) is 1. The number of ether oxygens (including phenoxy) is 1. The number of methoxy groups -OCH3 is 1. The zero-order chi connectivity index (χ0) is 13.0. The lowest BCUT2D eigenvalue weighted by molar-refractivity contribution is -0.140. The predicted molar refractivity (Wildman–Crippen MR) is 62.7 cm³/mol. The van der Waals surface area contributed by atoms with Gasteiger partial charge in [0.25, 0.3) is 0 Å². The molecule has 0 unspecified atom stereocenters. The Labute approximate surface area is 99.8 Å². The third-order valence-corrected chi connectivity index (χ3v) is 2.81. The maximum atomic E-state index is 10.7. The summed E-state index contributed by atoms with van der Waals surface area (Å²) in [6.07, 6.45) is -0.910. The molecular formula is C12H17NO4. The van der Waals surface area contributed by atoms with Gasteiger partial charge in [0, 0.05) is 5.92 Å². The molecule has 0 aromatic heterocycles. The first-order valence-corrected chi connectivity index (χ1v) is 5.27. The number of hydrogen-bond donors (Lipinski definition) is 3. The summed E-state index contributed by atoms with van der Waals surface area (Å²) in [5.41, 5.74) is 6.09. The number of carboxylic acids is 1. The quantitative estimate of drug-likeness (QED) is 0.706. The summed E-state index contributed by atoms with van der Waals surface area (Å²) in [6.45, 7) is 1.60. The van der Waals surface area contributed by atoms with Crippen LogP contribution in [0.4, 0.5) is 0 Å². The van der Waals surface area contributed by atoms with Crippen molar-refractivity contribution in [3.05, 3.63) is 29.8 Å². The molecule has 94 valence electrons. The second-order valence-corrected chi connectivity index (χ2v) is 3.94. The molecule has 0 spiro atoms. The first-order valence-electron chi connectivity index (χ1n) is 5.27. The van der Waals surface area contributed by atoms with E-state index in [4.69, 9.17) is 15.6 Å². The lowest BCUT2D eigenvalue weighted by Crippen LogP contribution is -2.39. The van der Waals surface area contributed by atoms with Crippen molar-refractivity contribution >= 4 is 5.97 Å². The molecule has 0 fully saturated rings. The van der Waals surface area contributed by atoms with Crippen LogP contribution in [0.2, 0.25) is 0 Å². The van der Waals surface area contributed by atoms with Gasteiger partial charge in [-0.15, -0.1) is 0 Å². The van der Waals surface area contributed by atoms with Crippen LogP contribution >= 0.6 is 0 Å². The lowest BCUT2D eigenvalue weighted by atomic mass is 9.91. The second-order valence-electron chi connectivity index (χ2n) is 3.94. The van der Waals surface area contributed by atoms with Crippen molar-refractivity contribution in [1.82, 2.24) is 0 Å². The summed E-state index contributed by atoms with van der Waals surface area (Å²) in [5, 5.41) is 18.8. The highest BCUT2D eigenvalue weighted by Crippen LogP contribution is 2.25. The maximum Gasteiger partial charge on any atom is 0.320 e. The minimum Gasteiger partial charge on any atom is -0.497 e. The van der Waals surface area contributed by atoms with Crippen molar-refractivity contribution in [2.45, 2.75) is 19.1 Å². The van der Waals surface area contributed by atoms with E-state index in [1.165, 1.54) is 0 Å². The molecule has 0 saturated heterocycles. The van der Waals surface area contributed by atoms with Crippen LogP contribution < -0.4 is 10.5 Å². The molecule has 3 atom stereocenters. The number of aliphatic hydroxyl groups excluding tert-OH is 1. The van der Waals surface area contributed by atoms with Crippen LogP contribution in [-0.4, -0.2) is 29.3 Å². The highest BCUT2D eigenvalue weighted by molar-refractivity contribution is 5.73. The summed E-state index contributed by atoms with van der Waals surface area (Å²) in [4.78, 5) is 10.7. The zero-order valence-electron chi connectivity index (χ0n) is 9.83. The SMILES string of the molecule is COc1ccc([C@@H](O)[C@H](C)[C@H](N)C(=O)O)cc1. The van der Waals surface area contributed by atoms with Gasteiger partial charge in [-0.05, 0) is 17.7 Å². The molecule has 0 amide bonds. The van der Waals surface area contributed by atoms with Crippen LogP contribution in [-0.2, 0) is 4.79 Å². The smallest absolute Gasteiger partial charge is 0.320 e.